The summed E-state index contributed by atoms with van der Waals surface area (Å²) in [5.41, 5.74) is 3.84. The SMILES string of the molecule is Cc1ccc(CC(CNC(=S)OCc2ccc([N+](=O)[O-])cc2)COC(=O)C(C)(C)C)cc1C. The fraction of sp³-hybridized carbons (Fsp3) is 0.440. The van der Waals surface area contributed by atoms with E-state index >= 15 is 0 Å². The largest absolute Gasteiger partial charge is 0.466 e. The topological polar surface area (TPSA) is 90.7 Å². The van der Waals surface area contributed by atoms with E-state index in [1.165, 1.54) is 23.3 Å². The van der Waals surface area contributed by atoms with Gasteiger partial charge in [-0.25, -0.2) is 0 Å². The highest BCUT2D eigenvalue weighted by atomic mass is 32.1. The first-order chi connectivity index (χ1) is 15.5. The van der Waals surface area contributed by atoms with Crippen molar-refractivity contribution in [2.75, 3.05) is 13.2 Å². The molecule has 33 heavy (non-hydrogen) atoms. The number of rotatable bonds is 9. The van der Waals surface area contributed by atoms with Crippen LogP contribution in [-0.2, 0) is 27.3 Å². The van der Waals surface area contributed by atoms with Crippen LogP contribution in [0.2, 0.25) is 0 Å². The Bertz CT molecular complexity index is 983. The summed E-state index contributed by atoms with van der Waals surface area (Å²) in [5, 5.41) is 14.1. The van der Waals surface area contributed by atoms with Gasteiger partial charge in [-0.05, 0) is 87.6 Å². The number of hydrogen-bond donors (Lipinski definition) is 1. The Morgan fingerprint density at radius 1 is 1.06 bits per heavy atom. The molecule has 0 amide bonds. The Morgan fingerprint density at radius 2 is 1.70 bits per heavy atom. The van der Waals surface area contributed by atoms with Crippen LogP contribution in [-0.4, -0.2) is 29.2 Å². The standard InChI is InChI=1S/C25H32N2O5S/c1-17-6-7-20(12-18(17)2)13-21(16-31-23(28)25(3,4)5)14-26-24(33)32-15-19-8-10-22(11-9-19)27(29)30/h6-12,21H,13-16H2,1-5H3,(H,26,33). The summed E-state index contributed by atoms with van der Waals surface area (Å²) in [4.78, 5) is 22.6. The molecule has 2 rings (SSSR count). The molecule has 0 aliphatic rings. The Hall–Kier alpha value is -3.00. The summed E-state index contributed by atoms with van der Waals surface area (Å²) in [7, 11) is 0. The van der Waals surface area contributed by atoms with E-state index in [2.05, 4.69) is 37.4 Å². The van der Waals surface area contributed by atoms with Crippen LogP contribution >= 0.6 is 12.2 Å². The van der Waals surface area contributed by atoms with Gasteiger partial charge in [0.2, 0.25) is 0 Å². The lowest BCUT2D eigenvalue weighted by Gasteiger charge is -2.22. The summed E-state index contributed by atoms with van der Waals surface area (Å²) in [6, 6.07) is 12.5. The Balaban J connectivity index is 1.94. The van der Waals surface area contributed by atoms with Crippen LogP contribution in [0, 0.1) is 35.3 Å². The highest BCUT2D eigenvalue weighted by molar-refractivity contribution is 7.80. The molecule has 1 unspecified atom stereocenters. The third-order valence-corrected chi connectivity index (χ3v) is 5.47. The first-order valence-corrected chi connectivity index (χ1v) is 11.2. The van der Waals surface area contributed by atoms with Crippen molar-refractivity contribution < 1.29 is 19.2 Å². The number of ether oxygens (including phenoxy) is 2. The van der Waals surface area contributed by atoms with Crippen LogP contribution in [0.3, 0.4) is 0 Å². The zero-order chi connectivity index (χ0) is 24.6. The van der Waals surface area contributed by atoms with Crippen molar-refractivity contribution >= 4 is 29.0 Å². The third kappa shape index (κ3) is 8.81. The molecule has 0 saturated carbocycles. The van der Waals surface area contributed by atoms with E-state index in [4.69, 9.17) is 21.7 Å². The number of esters is 1. The van der Waals surface area contributed by atoms with Crippen LogP contribution in [0.5, 0.6) is 0 Å². The number of nitro groups is 1. The van der Waals surface area contributed by atoms with Gasteiger partial charge in [-0.15, -0.1) is 0 Å². The van der Waals surface area contributed by atoms with E-state index in [1.54, 1.807) is 12.1 Å². The second kappa shape index (κ2) is 11.7. The van der Waals surface area contributed by atoms with Gasteiger partial charge in [0, 0.05) is 24.6 Å². The van der Waals surface area contributed by atoms with Crippen molar-refractivity contribution in [3.8, 4) is 0 Å². The van der Waals surface area contributed by atoms with E-state index in [0.717, 1.165) is 17.5 Å². The maximum atomic E-state index is 12.2. The van der Waals surface area contributed by atoms with Crippen molar-refractivity contribution in [1.82, 2.24) is 5.32 Å². The summed E-state index contributed by atoms with van der Waals surface area (Å²) in [6.07, 6.45) is 0.719. The molecule has 178 valence electrons. The minimum atomic E-state index is -0.568. The van der Waals surface area contributed by atoms with Crippen molar-refractivity contribution in [3.05, 3.63) is 74.8 Å². The van der Waals surface area contributed by atoms with E-state index in [1.807, 2.05) is 20.8 Å². The second-order valence-corrected chi connectivity index (χ2v) is 9.59. The lowest BCUT2D eigenvalue weighted by Crippen LogP contribution is -2.34. The zero-order valence-corrected chi connectivity index (χ0v) is 20.7. The van der Waals surface area contributed by atoms with E-state index in [-0.39, 0.29) is 36.0 Å². The van der Waals surface area contributed by atoms with Gasteiger partial charge >= 0.3 is 5.97 Å². The fourth-order valence-electron chi connectivity index (χ4n) is 3.01. The predicted molar refractivity (Wildman–Crippen MR) is 132 cm³/mol. The lowest BCUT2D eigenvalue weighted by molar-refractivity contribution is -0.384. The highest BCUT2D eigenvalue weighted by Gasteiger charge is 2.24. The molecule has 0 radical (unpaired) electrons. The van der Waals surface area contributed by atoms with Gasteiger partial charge in [0.05, 0.1) is 16.9 Å². The van der Waals surface area contributed by atoms with E-state index in [9.17, 15) is 14.9 Å². The number of carbonyl (C=O) groups excluding carboxylic acids is 1. The molecule has 8 heteroatoms. The van der Waals surface area contributed by atoms with E-state index < -0.39 is 10.3 Å². The summed E-state index contributed by atoms with van der Waals surface area (Å²) >= 11 is 5.29. The molecule has 0 saturated heterocycles. The number of nitro benzene ring substituents is 1. The zero-order valence-electron chi connectivity index (χ0n) is 19.8. The Kier molecular flexibility index (Phi) is 9.34. The maximum Gasteiger partial charge on any atom is 0.311 e. The molecule has 2 aromatic carbocycles. The molecular formula is C25H32N2O5S. The molecule has 7 nitrogen and oxygen atoms in total. The van der Waals surface area contributed by atoms with E-state index in [0.29, 0.717) is 6.54 Å². The molecule has 0 aromatic heterocycles. The van der Waals surface area contributed by atoms with Gasteiger partial charge in [-0.1, -0.05) is 18.2 Å². The monoisotopic (exact) mass is 472 g/mol. The first-order valence-electron chi connectivity index (χ1n) is 10.8. The van der Waals surface area contributed by atoms with Gasteiger partial charge in [0.1, 0.15) is 6.61 Å². The predicted octanol–water partition coefficient (Wildman–Crippen LogP) is 5.05. The number of benzene rings is 2. The van der Waals surface area contributed by atoms with Crippen molar-refractivity contribution in [1.29, 1.82) is 0 Å². The highest BCUT2D eigenvalue weighted by Crippen LogP contribution is 2.18. The van der Waals surface area contributed by atoms with Crippen molar-refractivity contribution in [2.45, 2.75) is 47.6 Å². The minimum absolute atomic E-state index is 0.000619. The molecule has 1 N–H and O–H groups in total. The van der Waals surface area contributed by atoms with Crippen LogP contribution < -0.4 is 5.32 Å². The maximum absolute atomic E-state index is 12.2. The average Bonchev–Trinajstić information content (AvgIpc) is 2.75. The van der Waals surface area contributed by atoms with Crippen molar-refractivity contribution in [2.24, 2.45) is 11.3 Å². The van der Waals surface area contributed by atoms with Crippen LogP contribution in [0.25, 0.3) is 0 Å². The number of thiocarbonyl (C=S) groups is 1. The molecule has 0 heterocycles. The summed E-state index contributed by atoms with van der Waals surface area (Å²) in [5.74, 6) is -0.246. The van der Waals surface area contributed by atoms with Gasteiger partial charge in [-0.2, -0.15) is 0 Å². The second-order valence-electron chi connectivity index (χ2n) is 9.22. The number of hydrogen-bond acceptors (Lipinski definition) is 6. The van der Waals surface area contributed by atoms with Gasteiger partial charge in [-0.3, -0.25) is 14.9 Å². The van der Waals surface area contributed by atoms with Crippen LogP contribution in [0.15, 0.2) is 42.5 Å². The molecule has 1 atom stereocenters. The number of non-ortho nitro benzene ring substituents is 1. The summed E-state index contributed by atoms with van der Waals surface area (Å²) < 4.78 is 11.2. The van der Waals surface area contributed by atoms with Gasteiger partial charge in [0.15, 0.2) is 0 Å². The Morgan fingerprint density at radius 3 is 2.27 bits per heavy atom. The molecule has 0 spiro atoms. The first kappa shape index (κ1) is 26.3. The summed E-state index contributed by atoms with van der Waals surface area (Å²) in [6.45, 7) is 10.6. The van der Waals surface area contributed by atoms with Crippen LogP contribution in [0.4, 0.5) is 5.69 Å². The molecule has 0 aliphatic carbocycles. The molecule has 0 bridgehead atoms. The normalized spacial score (nSPS) is 12.0. The number of nitrogens with zero attached hydrogens (tertiary/aromatic N) is 1. The number of nitrogens with one attached hydrogen (secondary N) is 1. The molecule has 2 aromatic rings. The van der Waals surface area contributed by atoms with Crippen LogP contribution in [0.1, 0.15) is 43.0 Å². The third-order valence-electron chi connectivity index (χ3n) is 5.21. The number of aryl methyl sites for hydroxylation is 2. The smallest absolute Gasteiger partial charge is 0.311 e. The van der Waals surface area contributed by atoms with Gasteiger partial charge < -0.3 is 14.8 Å². The minimum Gasteiger partial charge on any atom is -0.466 e. The molecule has 0 aliphatic heterocycles. The Labute approximate surface area is 200 Å². The quantitative estimate of drug-likeness (QED) is 0.236. The molecule has 0 fully saturated rings. The number of carbonyl (C=O) groups is 1. The average molecular weight is 473 g/mol. The van der Waals surface area contributed by atoms with Gasteiger partial charge in [0.25, 0.3) is 10.9 Å². The van der Waals surface area contributed by atoms with Crippen molar-refractivity contribution in [3.63, 3.8) is 0 Å². The molecular weight excluding hydrogens is 440 g/mol. The fourth-order valence-corrected chi connectivity index (χ4v) is 3.15. The lowest BCUT2D eigenvalue weighted by atomic mass is 9.96.